The van der Waals surface area contributed by atoms with Crippen molar-refractivity contribution in [2.45, 2.75) is 13.3 Å². The molecule has 0 amide bonds. The Hall–Kier alpha value is -1.91. The van der Waals surface area contributed by atoms with Crippen LogP contribution in [0.1, 0.15) is 13.3 Å². The van der Waals surface area contributed by atoms with Crippen LogP contribution < -0.4 is 14.8 Å². The molecule has 0 aliphatic carbocycles. The van der Waals surface area contributed by atoms with Gasteiger partial charge < -0.3 is 19.5 Å². The van der Waals surface area contributed by atoms with Crippen LogP contribution in [-0.2, 0) is 9.53 Å². The van der Waals surface area contributed by atoms with E-state index in [0.717, 1.165) is 5.69 Å². The molecule has 0 unspecified atom stereocenters. The second-order valence-electron chi connectivity index (χ2n) is 3.55. The fourth-order valence-electron chi connectivity index (χ4n) is 1.49. The van der Waals surface area contributed by atoms with Gasteiger partial charge in [0.15, 0.2) is 11.5 Å². The van der Waals surface area contributed by atoms with Crippen molar-refractivity contribution in [1.29, 1.82) is 0 Å². The fraction of sp³-hybridized carbons (Fsp3) is 0.462. The van der Waals surface area contributed by atoms with Crippen LogP contribution in [-0.4, -0.2) is 33.3 Å². The predicted octanol–water partition coefficient (Wildman–Crippen LogP) is 2.07. The molecule has 0 aliphatic heterocycles. The van der Waals surface area contributed by atoms with Gasteiger partial charge in [-0.05, 0) is 19.1 Å². The molecule has 100 valence electrons. The van der Waals surface area contributed by atoms with E-state index in [1.807, 2.05) is 18.2 Å². The Morgan fingerprint density at radius 3 is 2.56 bits per heavy atom. The number of esters is 1. The van der Waals surface area contributed by atoms with E-state index >= 15 is 0 Å². The van der Waals surface area contributed by atoms with Crippen molar-refractivity contribution in [3.05, 3.63) is 18.2 Å². The Labute approximate surface area is 107 Å². The first-order chi connectivity index (χ1) is 8.71. The highest BCUT2D eigenvalue weighted by molar-refractivity contribution is 5.70. The van der Waals surface area contributed by atoms with E-state index in [1.54, 1.807) is 21.1 Å². The third-order valence-electron chi connectivity index (χ3n) is 2.35. The van der Waals surface area contributed by atoms with Gasteiger partial charge in [0.05, 0.1) is 27.2 Å². The molecule has 1 N–H and O–H groups in total. The molecule has 18 heavy (non-hydrogen) atoms. The molecule has 0 heterocycles. The van der Waals surface area contributed by atoms with Crippen LogP contribution in [0, 0.1) is 0 Å². The number of hydrogen-bond donors (Lipinski definition) is 1. The Morgan fingerprint density at radius 2 is 1.94 bits per heavy atom. The van der Waals surface area contributed by atoms with Crippen molar-refractivity contribution in [3.8, 4) is 11.5 Å². The van der Waals surface area contributed by atoms with Gasteiger partial charge in [0.1, 0.15) is 0 Å². The molecule has 0 spiro atoms. The van der Waals surface area contributed by atoms with Crippen molar-refractivity contribution < 1.29 is 19.0 Å². The van der Waals surface area contributed by atoms with E-state index in [2.05, 4.69) is 5.32 Å². The summed E-state index contributed by atoms with van der Waals surface area (Å²) in [6.07, 6.45) is 0.336. The van der Waals surface area contributed by atoms with Crippen LogP contribution >= 0.6 is 0 Å². The van der Waals surface area contributed by atoms with E-state index in [1.165, 1.54) is 0 Å². The van der Waals surface area contributed by atoms with Crippen LogP contribution in [0.3, 0.4) is 0 Å². The van der Waals surface area contributed by atoms with Crippen molar-refractivity contribution in [3.63, 3.8) is 0 Å². The summed E-state index contributed by atoms with van der Waals surface area (Å²) in [6.45, 7) is 2.73. The van der Waals surface area contributed by atoms with Gasteiger partial charge in [0, 0.05) is 18.3 Å². The summed E-state index contributed by atoms with van der Waals surface area (Å²) in [7, 11) is 3.17. The minimum absolute atomic E-state index is 0.203. The molecule has 1 rings (SSSR count). The molecule has 0 fully saturated rings. The molecule has 0 saturated carbocycles. The van der Waals surface area contributed by atoms with E-state index in [0.29, 0.717) is 31.1 Å². The molecule has 0 saturated heterocycles. The molecule has 5 nitrogen and oxygen atoms in total. The quantitative estimate of drug-likeness (QED) is 0.754. The topological polar surface area (TPSA) is 56.8 Å². The molecular formula is C13H19NO4. The van der Waals surface area contributed by atoms with Gasteiger partial charge in [0.2, 0.25) is 0 Å². The maximum Gasteiger partial charge on any atom is 0.307 e. The number of hydrogen-bond acceptors (Lipinski definition) is 5. The van der Waals surface area contributed by atoms with Crippen molar-refractivity contribution in [2.24, 2.45) is 0 Å². The van der Waals surface area contributed by atoms with E-state index in [9.17, 15) is 4.79 Å². The van der Waals surface area contributed by atoms with Crippen molar-refractivity contribution in [2.75, 3.05) is 32.7 Å². The number of methoxy groups -OCH3 is 2. The predicted molar refractivity (Wildman–Crippen MR) is 69.3 cm³/mol. The second-order valence-corrected chi connectivity index (χ2v) is 3.55. The maximum atomic E-state index is 11.1. The van der Waals surface area contributed by atoms with Crippen LogP contribution in [0.4, 0.5) is 5.69 Å². The van der Waals surface area contributed by atoms with E-state index < -0.39 is 0 Å². The van der Waals surface area contributed by atoms with Crippen LogP contribution in [0.2, 0.25) is 0 Å². The van der Waals surface area contributed by atoms with Crippen LogP contribution in [0.5, 0.6) is 11.5 Å². The molecule has 1 aromatic rings. The summed E-state index contributed by atoms with van der Waals surface area (Å²) in [4.78, 5) is 11.1. The molecule has 0 atom stereocenters. The first kappa shape index (κ1) is 14.2. The Balaban J connectivity index is 2.50. The van der Waals surface area contributed by atoms with Gasteiger partial charge >= 0.3 is 5.97 Å². The number of carbonyl (C=O) groups excluding carboxylic acids is 1. The minimum Gasteiger partial charge on any atom is -0.493 e. The Bertz CT molecular complexity index is 393. The molecule has 0 bridgehead atoms. The number of anilines is 1. The minimum atomic E-state index is -0.203. The number of rotatable bonds is 7. The first-order valence-electron chi connectivity index (χ1n) is 5.82. The van der Waals surface area contributed by atoms with Gasteiger partial charge in [-0.3, -0.25) is 4.79 Å². The summed E-state index contributed by atoms with van der Waals surface area (Å²) in [5.41, 5.74) is 0.872. The third kappa shape index (κ3) is 4.16. The summed E-state index contributed by atoms with van der Waals surface area (Å²) in [6, 6.07) is 5.50. The zero-order valence-corrected chi connectivity index (χ0v) is 11.0. The summed E-state index contributed by atoms with van der Waals surface area (Å²) in [5, 5.41) is 3.12. The lowest BCUT2D eigenvalue weighted by Gasteiger charge is -2.11. The average molecular weight is 253 g/mol. The number of nitrogens with one attached hydrogen (secondary N) is 1. The van der Waals surface area contributed by atoms with Gasteiger partial charge in [-0.15, -0.1) is 0 Å². The molecule has 5 heteroatoms. The van der Waals surface area contributed by atoms with Gasteiger partial charge in [-0.25, -0.2) is 0 Å². The highest BCUT2D eigenvalue weighted by Gasteiger charge is 2.05. The fourth-order valence-corrected chi connectivity index (χ4v) is 1.49. The molecule has 0 radical (unpaired) electrons. The van der Waals surface area contributed by atoms with Crippen molar-refractivity contribution >= 4 is 11.7 Å². The van der Waals surface area contributed by atoms with E-state index in [4.69, 9.17) is 14.2 Å². The lowest BCUT2D eigenvalue weighted by Crippen LogP contribution is -2.11. The molecule has 0 aliphatic rings. The summed E-state index contributed by atoms with van der Waals surface area (Å²) >= 11 is 0. The van der Waals surface area contributed by atoms with Gasteiger partial charge in [-0.2, -0.15) is 0 Å². The normalized spacial score (nSPS) is 9.72. The molecule has 0 aromatic heterocycles. The lowest BCUT2D eigenvalue weighted by molar-refractivity contribution is -0.142. The summed E-state index contributed by atoms with van der Waals surface area (Å²) in [5.74, 6) is 1.12. The highest BCUT2D eigenvalue weighted by Crippen LogP contribution is 2.29. The van der Waals surface area contributed by atoms with Gasteiger partial charge in [0.25, 0.3) is 0 Å². The monoisotopic (exact) mass is 253 g/mol. The standard InChI is InChI=1S/C13H19NO4/c1-4-18-13(15)7-8-14-10-5-6-11(16-2)12(9-10)17-3/h5-6,9,14H,4,7-8H2,1-3H3. The van der Waals surface area contributed by atoms with Crippen molar-refractivity contribution in [1.82, 2.24) is 0 Å². The van der Waals surface area contributed by atoms with Crippen LogP contribution in [0.25, 0.3) is 0 Å². The average Bonchev–Trinajstić information content (AvgIpc) is 2.38. The zero-order chi connectivity index (χ0) is 13.4. The van der Waals surface area contributed by atoms with Gasteiger partial charge in [-0.1, -0.05) is 0 Å². The Morgan fingerprint density at radius 1 is 1.22 bits per heavy atom. The lowest BCUT2D eigenvalue weighted by atomic mass is 10.2. The summed E-state index contributed by atoms with van der Waals surface area (Å²) < 4.78 is 15.2. The number of ether oxygens (including phenoxy) is 3. The smallest absolute Gasteiger partial charge is 0.307 e. The zero-order valence-electron chi connectivity index (χ0n) is 11.0. The van der Waals surface area contributed by atoms with E-state index in [-0.39, 0.29) is 5.97 Å². The van der Waals surface area contributed by atoms with Crippen LogP contribution in [0.15, 0.2) is 18.2 Å². The first-order valence-corrected chi connectivity index (χ1v) is 5.82. The SMILES string of the molecule is CCOC(=O)CCNc1ccc(OC)c(OC)c1. The Kier molecular flexibility index (Phi) is 5.84. The second kappa shape index (κ2) is 7.42. The highest BCUT2D eigenvalue weighted by atomic mass is 16.5. The molecule has 1 aromatic carbocycles. The molecular weight excluding hydrogens is 234 g/mol. The number of carbonyl (C=O) groups is 1. The third-order valence-corrected chi connectivity index (χ3v) is 2.35. The number of benzene rings is 1. The maximum absolute atomic E-state index is 11.1. The largest absolute Gasteiger partial charge is 0.493 e.